The van der Waals surface area contributed by atoms with Crippen LogP contribution in [0, 0.1) is 0 Å². The highest BCUT2D eigenvalue weighted by atomic mass is 79.9. The van der Waals surface area contributed by atoms with Gasteiger partial charge >= 0.3 is 0 Å². The summed E-state index contributed by atoms with van der Waals surface area (Å²) < 4.78 is 0. The van der Waals surface area contributed by atoms with Gasteiger partial charge in [0.15, 0.2) is 5.52 Å². The van der Waals surface area contributed by atoms with E-state index >= 15 is 0 Å². The van der Waals surface area contributed by atoms with Crippen molar-refractivity contribution in [1.29, 1.82) is 0 Å². The Morgan fingerprint density at radius 3 is 2.04 bits per heavy atom. The van der Waals surface area contributed by atoms with E-state index in [9.17, 15) is 19.5 Å². The summed E-state index contributed by atoms with van der Waals surface area (Å²) >= 11 is 6.15. The van der Waals surface area contributed by atoms with Gasteiger partial charge in [-0.05, 0) is 43.1 Å². The van der Waals surface area contributed by atoms with Crippen molar-refractivity contribution >= 4 is 69.8 Å². The second-order valence-electron chi connectivity index (χ2n) is 6.07. The van der Waals surface area contributed by atoms with Crippen LogP contribution >= 0.6 is 41.1 Å². The van der Waals surface area contributed by atoms with E-state index in [0.29, 0.717) is 29.9 Å². The molecule has 11 heteroatoms. The molecule has 0 aliphatic rings. The van der Waals surface area contributed by atoms with E-state index in [1.54, 1.807) is 18.2 Å². The number of aliphatic hydroxyl groups is 1. The summed E-state index contributed by atoms with van der Waals surface area (Å²) in [7, 11) is 2.08. The Morgan fingerprint density at radius 2 is 1.57 bits per heavy atom. The number of alkyl halides is 2. The molecule has 2 unspecified atom stereocenters. The predicted molar refractivity (Wildman–Crippen MR) is 121 cm³/mol. The van der Waals surface area contributed by atoms with Crippen LogP contribution in [-0.4, -0.2) is 45.7 Å². The lowest BCUT2D eigenvalue weighted by atomic mass is 10.1. The molecular weight excluding hydrogens is 515 g/mol. The fourth-order valence-electron chi connectivity index (χ4n) is 2.33. The van der Waals surface area contributed by atoms with E-state index in [1.165, 1.54) is 0 Å². The first-order valence-corrected chi connectivity index (χ1v) is 11.4. The molecule has 3 atom stereocenters. The minimum atomic E-state index is -0.988. The Kier molecular flexibility index (Phi) is 12.0. The maximum atomic E-state index is 11.6. The second kappa shape index (κ2) is 13.3. The average molecular weight is 540 g/mol. The quantitative estimate of drug-likeness (QED) is 0.119. The topological polar surface area (TPSA) is 134 Å². The van der Waals surface area contributed by atoms with Gasteiger partial charge in [-0.2, -0.15) is 0 Å². The Morgan fingerprint density at radius 1 is 1.04 bits per heavy atom. The standard InChI is InChI=1S/C17H25Br2N4O4P/c18-8-14(24)22-11-5-10(6-12(7-11)23-15(25)9-19)16(26)21-4-2-1-3-13(20)17(27)28/h5-7,13,16,21,26H,1-4,8-9,20,28H2,(H,22,24)(H,23,25)/t13-,16?/m0/s1. The summed E-state index contributed by atoms with van der Waals surface area (Å²) in [5, 5.41) is 19.0. The van der Waals surface area contributed by atoms with Gasteiger partial charge in [-0.1, -0.05) is 47.5 Å². The Hall–Kier alpha value is -0.900. The highest BCUT2D eigenvalue weighted by Gasteiger charge is 2.13. The van der Waals surface area contributed by atoms with Crippen molar-refractivity contribution in [3.63, 3.8) is 0 Å². The van der Waals surface area contributed by atoms with Crippen molar-refractivity contribution < 1.29 is 19.5 Å². The Labute approximate surface area is 183 Å². The van der Waals surface area contributed by atoms with Crippen LogP contribution in [0.1, 0.15) is 31.1 Å². The Bertz CT molecular complexity index is 657. The fraction of sp³-hybridized carbons (Fsp3) is 0.471. The molecule has 156 valence electrons. The van der Waals surface area contributed by atoms with Crippen molar-refractivity contribution in [1.82, 2.24) is 5.32 Å². The molecule has 0 aliphatic carbocycles. The molecule has 1 aromatic carbocycles. The third-order valence-corrected chi connectivity index (χ3v) is 5.17. The summed E-state index contributed by atoms with van der Waals surface area (Å²) in [6.07, 6.45) is 1.07. The largest absolute Gasteiger partial charge is 0.374 e. The zero-order chi connectivity index (χ0) is 21.1. The molecule has 28 heavy (non-hydrogen) atoms. The molecular formula is C17H25Br2N4O4P. The zero-order valence-electron chi connectivity index (χ0n) is 15.2. The molecule has 0 spiro atoms. The first-order valence-electron chi connectivity index (χ1n) is 8.59. The maximum absolute atomic E-state index is 11.6. The van der Waals surface area contributed by atoms with Gasteiger partial charge in [-0.25, -0.2) is 0 Å². The van der Waals surface area contributed by atoms with Crippen molar-refractivity contribution in [2.75, 3.05) is 27.8 Å². The van der Waals surface area contributed by atoms with Crippen molar-refractivity contribution in [2.45, 2.75) is 31.5 Å². The van der Waals surface area contributed by atoms with Crippen LogP contribution in [-0.2, 0) is 14.4 Å². The number of carbonyl (C=O) groups excluding carboxylic acids is 3. The molecule has 2 amide bonds. The van der Waals surface area contributed by atoms with Crippen molar-refractivity contribution in [3.8, 4) is 0 Å². The molecule has 0 aliphatic heterocycles. The number of aliphatic hydroxyl groups excluding tert-OH is 1. The van der Waals surface area contributed by atoms with E-state index in [0.717, 1.165) is 12.8 Å². The molecule has 0 fully saturated rings. The number of amides is 2. The van der Waals surface area contributed by atoms with Gasteiger partial charge in [0.1, 0.15) is 6.23 Å². The average Bonchev–Trinajstić information content (AvgIpc) is 2.66. The highest BCUT2D eigenvalue weighted by molar-refractivity contribution is 9.09. The molecule has 0 radical (unpaired) electrons. The van der Waals surface area contributed by atoms with Gasteiger partial charge in [0.05, 0.1) is 16.7 Å². The minimum absolute atomic E-state index is 0.117. The predicted octanol–water partition coefficient (Wildman–Crippen LogP) is 1.83. The van der Waals surface area contributed by atoms with Crippen LogP contribution in [0.2, 0.25) is 0 Å². The van der Waals surface area contributed by atoms with Gasteiger partial charge < -0.3 is 21.5 Å². The smallest absolute Gasteiger partial charge is 0.235 e. The number of nitrogens with one attached hydrogen (secondary N) is 3. The number of rotatable bonds is 12. The normalized spacial score (nSPS) is 12.9. The van der Waals surface area contributed by atoms with Crippen LogP contribution in [0.15, 0.2) is 18.2 Å². The molecule has 0 saturated carbocycles. The fourth-order valence-corrected chi connectivity index (χ4v) is 2.78. The van der Waals surface area contributed by atoms with Crippen LogP contribution in [0.3, 0.4) is 0 Å². The number of halogens is 2. The number of nitrogens with two attached hydrogens (primary N) is 1. The minimum Gasteiger partial charge on any atom is -0.374 e. The van der Waals surface area contributed by atoms with Crippen LogP contribution in [0.5, 0.6) is 0 Å². The van der Waals surface area contributed by atoms with Crippen LogP contribution < -0.4 is 21.7 Å². The molecule has 0 aromatic heterocycles. The molecule has 0 saturated heterocycles. The first-order chi connectivity index (χ1) is 13.3. The molecule has 0 heterocycles. The molecule has 1 rings (SSSR count). The van der Waals surface area contributed by atoms with E-state index in [-0.39, 0.29) is 28.0 Å². The molecule has 8 nitrogen and oxygen atoms in total. The van der Waals surface area contributed by atoms with Crippen molar-refractivity contribution in [2.24, 2.45) is 5.73 Å². The number of hydrogen-bond donors (Lipinski definition) is 5. The SMILES string of the molecule is N[C@@H](CCCCNC(O)c1cc(NC(=O)CBr)cc(NC(=O)CBr)c1)C(=O)P. The summed E-state index contributed by atoms with van der Waals surface area (Å²) in [5.41, 5.74) is 6.96. The zero-order valence-corrected chi connectivity index (χ0v) is 19.5. The second-order valence-corrected chi connectivity index (χ2v) is 7.76. The maximum Gasteiger partial charge on any atom is 0.235 e. The lowest BCUT2D eigenvalue weighted by Crippen LogP contribution is -2.27. The van der Waals surface area contributed by atoms with Gasteiger partial charge in [0.2, 0.25) is 11.8 Å². The summed E-state index contributed by atoms with van der Waals surface area (Å²) in [6.45, 7) is 0.514. The molecule has 1 aromatic rings. The van der Waals surface area contributed by atoms with Gasteiger partial charge in [0.25, 0.3) is 0 Å². The summed E-state index contributed by atoms with van der Waals surface area (Å²) in [6, 6.07) is 4.39. The first kappa shape index (κ1) is 25.1. The number of carbonyl (C=O) groups is 3. The van der Waals surface area contributed by atoms with Gasteiger partial charge in [-0.3, -0.25) is 19.7 Å². The lowest BCUT2D eigenvalue weighted by Gasteiger charge is -2.17. The number of benzene rings is 1. The number of hydrogen-bond acceptors (Lipinski definition) is 6. The van der Waals surface area contributed by atoms with E-state index < -0.39 is 12.3 Å². The van der Waals surface area contributed by atoms with Crippen molar-refractivity contribution in [3.05, 3.63) is 23.8 Å². The molecule has 0 bridgehead atoms. The van der Waals surface area contributed by atoms with Gasteiger partial charge in [0, 0.05) is 11.4 Å². The Balaban J connectivity index is 2.72. The molecule has 6 N–H and O–H groups in total. The van der Waals surface area contributed by atoms with Crippen LogP contribution in [0.25, 0.3) is 0 Å². The lowest BCUT2D eigenvalue weighted by molar-refractivity contribution is -0.114. The van der Waals surface area contributed by atoms with E-state index in [2.05, 4.69) is 57.1 Å². The number of anilines is 2. The summed E-state index contributed by atoms with van der Waals surface area (Å²) in [5.74, 6) is -0.505. The highest BCUT2D eigenvalue weighted by Crippen LogP contribution is 2.23. The summed E-state index contributed by atoms with van der Waals surface area (Å²) in [4.78, 5) is 34.3. The number of unbranched alkanes of at least 4 members (excludes halogenated alkanes) is 1. The van der Waals surface area contributed by atoms with Crippen LogP contribution in [0.4, 0.5) is 11.4 Å². The third-order valence-electron chi connectivity index (χ3n) is 3.73. The van der Waals surface area contributed by atoms with E-state index in [4.69, 9.17) is 5.73 Å². The van der Waals surface area contributed by atoms with E-state index in [1.807, 2.05) is 0 Å². The monoisotopic (exact) mass is 538 g/mol. The van der Waals surface area contributed by atoms with Gasteiger partial charge in [-0.15, -0.1) is 0 Å². The third kappa shape index (κ3) is 9.54.